The Labute approximate surface area is 321 Å². The van der Waals surface area contributed by atoms with Crippen molar-refractivity contribution in [2.45, 2.75) is 121 Å². The predicted molar refractivity (Wildman–Crippen MR) is 215 cm³/mol. The number of carbonyl (C=O) groups excluding carboxylic acids is 5. The topological polar surface area (TPSA) is 212 Å². The number of nitrogens with one attached hydrogen (secondary N) is 4. The van der Waals surface area contributed by atoms with E-state index < -0.39 is 47.8 Å². The minimum Gasteiger partial charge on any atom is -0.368 e. The minimum atomic E-state index is -0.888. The lowest BCUT2D eigenvalue weighted by atomic mass is 10.0. The average Bonchev–Trinajstić information content (AvgIpc) is 3.16. The maximum atomic E-state index is 13.8. The van der Waals surface area contributed by atoms with E-state index in [4.69, 9.17) is 17.2 Å². The second-order valence-corrected chi connectivity index (χ2v) is 13.6. The van der Waals surface area contributed by atoms with Gasteiger partial charge in [-0.25, -0.2) is 0 Å². The van der Waals surface area contributed by atoms with E-state index in [2.05, 4.69) is 28.2 Å². The van der Waals surface area contributed by atoms with Crippen LogP contribution in [0.2, 0.25) is 0 Å². The third-order valence-electron chi connectivity index (χ3n) is 8.92. The third kappa shape index (κ3) is 20.4. The van der Waals surface area contributed by atoms with Crippen molar-refractivity contribution in [3.05, 3.63) is 96.1 Å². The Morgan fingerprint density at radius 1 is 0.593 bits per heavy atom. The van der Waals surface area contributed by atoms with E-state index in [0.717, 1.165) is 43.2 Å². The maximum Gasteiger partial charge on any atom is 0.244 e. The normalized spacial score (nSPS) is 13.5. The van der Waals surface area contributed by atoms with Gasteiger partial charge in [-0.05, 0) is 82.0 Å². The average molecular weight is 746 g/mol. The molecule has 0 bridgehead atoms. The molecule has 0 saturated carbocycles. The van der Waals surface area contributed by atoms with Gasteiger partial charge in [0.05, 0.1) is 12.1 Å². The van der Waals surface area contributed by atoms with Gasteiger partial charge in [-0.15, -0.1) is 0 Å². The van der Waals surface area contributed by atoms with Gasteiger partial charge in [0.2, 0.25) is 29.5 Å². The molecule has 0 heterocycles. The van der Waals surface area contributed by atoms with Crippen molar-refractivity contribution in [3.8, 4) is 0 Å². The van der Waals surface area contributed by atoms with Crippen LogP contribution in [-0.4, -0.2) is 66.8 Å². The zero-order valence-electron chi connectivity index (χ0n) is 32.0. The van der Waals surface area contributed by atoms with E-state index in [-0.39, 0.29) is 5.91 Å². The lowest BCUT2D eigenvalue weighted by molar-refractivity contribution is -0.127. The molecule has 2 aromatic carbocycles. The van der Waals surface area contributed by atoms with Crippen molar-refractivity contribution in [2.75, 3.05) is 13.1 Å². The Morgan fingerprint density at radius 3 is 1.57 bits per heavy atom. The van der Waals surface area contributed by atoms with Crippen molar-refractivity contribution < 1.29 is 24.0 Å². The number of benzene rings is 2. The molecule has 0 unspecified atom stereocenters. The first-order chi connectivity index (χ1) is 26.1. The Hall–Kier alpha value is -4.81. The second kappa shape index (κ2) is 27.7. The van der Waals surface area contributed by atoms with Gasteiger partial charge >= 0.3 is 0 Å². The standard InChI is InChI=1S/C42H63N7O5/c1-2-3-4-5-12-23-38(50)46-34(30-32-17-8-6-9-18-32)24-26-40(52)49-37(22-14-16-29-44)42(54)47-35(31-33-19-10-7-11-20-33)25-27-39(51)48-36(41(45)53)21-13-15-28-43/h6-11,17-20,24-27,34-37H,2-5,12-16,21-23,28-31,43-44H2,1H3,(H2,45,53)(H,46,50)(H,47,54)(H,48,51)(H,49,52)/b26-24+,27-25+/t34-,35-,36+,37+/m1/s1. The highest BCUT2D eigenvalue weighted by Gasteiger charge is 2.23. The summed E-state index contributed by atoms with van der Waals surface area (Å²) >= 11 is 0. The van der Waals surface area contributed by atoms with Gasteiger partial charge in [-0.3, -0.25) is 24.0 Å². The van der Waals surface area contributed by atoms with Gasteiger partial charge in [0.15, 0.2) is 0 Å². The van der Waals surface area contributed by atoms with Gasteiger partial charge in [0.1, 0.15) is 12.1 Å². The van der Waals surface area contributed by atoms with Crippen LogP contribution in [0.25, 0.3) is 0 Å². The Bertz CT molecular complexity index is 1450. The van der Waals surface area contributed by atoms with Crippen LogP contribution in [0.5, 0.6) is 0 Å². The molecule has 0 aliphatic rings. The van der Waals surface area contributed by atoms with Crippen molar-refractivity contribution >= 4 is 29.5 Å². The molecule has 0 aliphatic heterocycles. The molecule has 0 spiro atoms. The van der Waals surface area contributed by atoms with E-state index >= 15 is 0 Å². The van der Waals surface area contributed by atoms with Crippen LogP contribution in [0.3, 0.4) is 0 Å². The van der Waals surface area contributed by atoms with Gasteiger partial charge in [0.25, 0.3) is 0 Å². The summed E-state index contributed by atoms with van der Waals surface area (Å²) in [7, 11) is 0. The third-order valence-corrected chi connectivity index (χ3v) is 8.92. The molecular weight excluding hydrogens is 683 g/mol. The van der Waals surface area contributed by atoms with Crippen LogP contribution in [0.1, 0.15) is 95.1 Å². The summed E-state index contributed by atoms with van der Waals surface area (Å²) in [5.74, 6) is -2.13. The lowest BCUT2D eigenvalue weighted by Gasteiger charge is -2.22. The first-order valence-electron chi connectivity index (χ1n) is 19.5. The largest absolute Gasteiger partial charge is 0.368 e. The number of amides is 5. The fourth-order valence-electron chi connectivity index (χ4n) is 5.91. The molecule has 0 radical (unpaired) electrons. The summed E-state index contributed by atoms with van der Waals surface area (Å²) in [5, 5.41) is 11.5. The van der Waals surface area contributed by atoms with E-state index in [1.54, 1.807) is 12.2 Å². The molecule has 2 aromatic rings. The van der Waals surface area contributed by atoms with Crippen molar-refractivity contribution in [1.29, 1.82) is 0 Å². The first kappa shape index (κ1) is 45.3. The van der Waals surface area contributed by atoms with Gasteiger partial charge in [-0.1, -0.05) is 105 Å². The highest BCUT2D eigenvalue weighted by atomic mass is 16.2. The van der Waals surface area contributed by atoms with E-state index in [1.165, 1.54) is 12.2 Å². The molecule has 12 nitrogen and oxygen atoms in total. The van der Waals surface area contributed by atoms with Gasteiger partial charge in [-0.2, -0.15) is 0 Å². The number of primary amides is 1. The fraction of sp³-hybridized carbons (Fsp3) is 0.500. The maximum absolute atomic E-state index is 13.8. The van der Waals surface area contributed by atoms with E-state index in [9.17, 15) is 24.0 Å². The smallest absolute Gasteiger partial charge is 0.244 e. The predicted octanol–water partition coefficient (Wildman–Crippen LogP) is 3.63. The molecule has 296 valence electrons. The molecule has 5 amide bonds. The van der Waals surface area contributed by atoms with Gasteiger partial charge in [0, 0.05) is 18.6 Å². The fourth-order valence-corrected chi connectivity index (χ4v) is 5.91. The summed E-state index contributed by atoms with van der Waals surface area (Å²) in [6, 6.07) is 16.4. The highest BCUT2D eigenvalue weighted by Crippen LogP contribution is 2.10. The molecule has 4 atom stereocenters. The van der Waals surface area contributed by atoms with Crippen LogP contribution in [0.15, 0.2) is 85.0 Å². The first-order valence-corrected chi connectivity index (χ1v) is 19.5. The number of nitrogens with two attached hydrogens (primary N) is 3. The summed E-state index contributed by atoms with van der Waals surface area (Å²) in [5.41, 5.74) is 18.7. The lowest BCUT2D eigenvalue weighted by Crippen LogP contribution is -2.49. The summed E-state index contributed by atoms with van der Waals surface area (Å²) in [4.78, 5) is 64.7. The highest BCUT2D eigenvalue weighted by molar-refractivity contribution is 5.94. The number of carbonyl (C=O) groups is 5. The monoisotopic (exact) mass is 745 g/mol. The number of hydrogen-bond acceptors (Lipinski definition) is 7. The summed E-state index contributed by atoms with van der Waals surface area (Å²) < 4.78 is 0. The SMILES string of the molecule is CCCCCCCC(=O)N[C@H](/C=C/C(=O)N[C@@H](CCCCN)C(=O)N[C@H](/C=C/C(=O)N[C@@H](CCCCN)C(N)=O)Cc1ccccc1)Cc1ccccc1. The Kier molecular flexibility index (Phi) is 23.3. The molecule has 12 heteroatoms. The van der Waals surface area contributed by atoms with Gasteiger partial charge < -0.3 is 38.5 Å². The number of hydrogen-bond donors (Lipinski definition) is 7. The molecular formula is C42H63N7O5. The Morgan fingerprint density at radius 2 is 1.07 bits per heavy atom. The molecule has 0 aliphatic carbocycles. The molecule has 0 saturated heterocycles. The summed E-state index contributed by atoms with van der Waals surface area (Å²) in [6.45, 7) is 3.06. The van der Waals surface area contributed by atoms with Crippen LogP contribution < -0.4 is 38.5 Å². The summed E-state index contributed by atoms with van der Waals surface area (Å²) in [6.07, 6.45) is 15.7. The minimum absolute atomic E-state index is 0.0699. The zero-order valence-corrected chi connectivity index (χ0v) is 32.0. The van der Waals surface area contributed by atoms with Crippen molar-refractivity contribution in [1.82, 2.24) is 21.3 Å². The van der Waals surface area contributed by atoms with Crippen LogP contribution in [0.4, 0.5) is 0 Å². The molecule has 10 N–H and O–H groups in total. The Balaban J connectivity index is 2.19. The van der Waals surface area contributed by atoms with E-state index in [1.807, 2.05) is 60.7 Å². The molecule has 0 aromatic heterocycles. The van der Waals surface area contributed by atoms with Crippen LogP contribution >= 0.6 is 0 Å². The quantitative estimate of drug-likeness (QED) is 0.0507. The van der Waals surface area contributed by atoms with Crippen LogP contribution in [-0.2, 0) is 36.8 Å². The molecule has 54 heavy (non-hydrogen) atoms. The van der Waals surface area contributed by atoms with Crippen LogP contribution in [0, 0.1) is 0 Å². The molecule has 2 rings (SSSR count). The van der Waals surface area contributed by atoms with E-state index in [0.29, 0.717) is 70.9 Å². The number of unbranched alkanes of at least 4 members (excludes halogenated alkanes) is 6. The molecule has 0 fully saturated rings. The van der Waals surface area contributed by atoms with Crippen molar-refractivity contribution in [2.24, 2.45) is 17.2 Å². The van der Waals surface area contributed by atoms with Crippen molar-refractivity contribution in [3.63, 3.8) is 0 Å². The number of rotatable bonds is 28. The zero-order chi connectivity index (χ0) is 39.4. The second-order valence-electron chi connectivity index (χ2n) is 13.6.